The Kier molecular flexibility index (Phi) is 4.71. The van der Waals surface area contributed by atoms with Crippen molar-refractivity contribution < 1.29 is 4.79 Å². The molecule has 2 atom stereocenters. The minimum absolute atomic E-state index is 0.351. The molecule has 0 saturated carbocycles. The Morgan fingerprint density at radius 1 is 1.19 bits per heavy atom. The smallest absolute Gasteiger partial charge is 0.151 e. The van der Waals surface area contributed by atoms with E-state index in [9.17, 15) is 4.79 Å². The summed E-state index contributed by atoms with van der Waals surface area (Å²) in [4.78, 5) is 17.2. The van der Waals surface area contributed by atoms with E-state index in [4.69, 9.17) is 0 Å². The number of piperidine rings is 2. The number of Topliss-reactive ketones (excluding diaryl/α,β-unsaturated/α-hetero) is 1. The second-order valence-electron chi connectivity index (χ2n) is 6.68. The maximum absolute atomic E-state index is 12.3. The summed E-state index contributed by atoms with van der Waals surface area (Å²) in [6.07, 6.45) is 4.44. The van der Waals surface area contributed by atoms with Gasteiger partial charge in [0.05, 0.1) is 6.54 Å². The van der Waals surface area contributed by atoms with Gasteiger partial charge in [-0.3, -0.25) is 9.69 Å². The van der Waals surface area contributed by atoms with Crippen molar-refractivity contribution in [2.45, 2.75) is 31.7 Å². The van der Waals surface area contributed by atoms with Crippen molar-refractivity contribution >= 4 is 5.78 Å². The number of hydrogen-bond acceptors (Lipinski definition) is 3. The Hall–Kier alpha value is -1.19. The van der Waals surface area contributed by atoms with Gasteiger partial charge in [-0.25, -0.2) is 0 Å². The highest BCUT2D eigenvalue weighted by atomic mass is 16.1. The molecule has 114 valence electrons. The van der Waals surface area contributed by atoms with Crippen LogP contribution in [0, 0.1) is 5.92 Å². The first-order valence-electron chi connectivity index (χ1n) is 8.20. The maximum atomic E-state index is 12.3. The summed E-state index contributed by atoms with van der Waals surface area (Å²) in [5.41, 5.74) is 1.13. The highest BCUT2D eigenvalue weighted by Crippen LogP contribution is 2.29. The van der Waals surface area contributed by atoms with Gasteiger partial charge in [-0.05, 0) is 44.3 Å². The molecular weight excluding hydrogens is 260 g/mol. The van der Waals surface area contributed by atoms with Crippen LogP contribution in [0.25, 0.3) is 0 Å². The van der Waals surface area contributed by atoms with Crippen molar-refractivity contribution in [2.24, 2.45) is 5.92 Å². The third-order valence-corrected chi connectivity index (χ3v) is 5.07. The summed E-state index contributed by atoms with van der Waals surface area (Å²) in [7, 11) is 2.26. The molecule has 3 nitrogen and oxygen atoms in total. The lowest BCUT2D eigenvalue weighted by Crippen LogP contribution is -2.53. The zero-order valence-corrected chi connectivity index (χ0v) is 13.0. The normalized spacial score (nSPS) is 27.3. The van der Waals surface area contributed by atoms with Crippen molar-refractivity contribution in [1.29, 1.82) is 0 Å². The largest absolute Gasteiger partial charge is 0.303 e. The predicted molar refractivity (Wildman–Crippen MR) is 85.4 cm³/mol. The number of carbonyl (C=O) groups is 1. The van der Waals surface area contributed by atoms with Gasteiger partial charge in [0, 0.05) is 25.6 Å². The molecule has 0 aliphatic carbocycles. The van der Waals surface area contributed by atoms with Gasteiger partial charge < -0.3 is 4.90 Å². The molecule has 0 spiro atoms. The van der Waals surface area contributed by atoms with Gasteiger partial charge in [-0.1, -0.05) is 30.3 Å². The molecule has 2 heterocycles. The molecule has 0 bridgehead atoms. The van der Waals surface area contributed by atoms with Crippen molar-refractivity contribution in [3.8, 4) is 0 Å². The third-order valence-electron chi connectivity index (χ3n) is 5.07. The number of hydrogen-bond donors (Lipinski definition) is 0. The Bertz CT molecular complexity index is 473. The first-order chi connectivity index (χ1) is 10.2. The molecular formula is C18H26N2O. The van der Waals surface area contributed by atoms with Crippen LogP contribution in [0.1, 0.15) is 24.8 Å². The van der Waals surface area contributed by atoms with Gasteiger partial charge in [0.2, 0.25) is 0 Å². The monoisotopic (exact) mass is 286 g/mol. The molecule has 2 aliphatic heterocycles. The van der Waals surface area contributed by atoms with Crippen molar-refractivity contribution in [2.75, 3.05) is 33.2 Å². The average molecular weight is 286 g/mol. The number of benzene rings is 1. The Labute approximate surface area is 127 Å². The molecule has 0 N–H and O–H groups in total. The van der Waals surface area contributed by atoms with E-state index in [0.29, 0.717) is 18.7 Å². The highest BCUT2D eigenvalue weighted by molar-refractivity contribution is 5.82. The topological polar surface area (TPSA) is 23.6 Å². The molecule has 1 aromatic carbocycles. The number of nitrogens with zero attached hydrogens (tertiary/aromatic N) is 2. The molecule has 2 saturated heterocycles. The number of fused-ring (bicyclic) bond motifs is 1. The van der Waals surface area contributed by atoms with E-state index in [1.54, 1.807) is 0 Å². The Morgan fingerprint density at radius 3 is 2.81 bits per heavy atom. The summed E-state index contributed by atoms with van der Waals surface area (Å²) in [6, 6.07) is 10.8. The van der Waals surface area contributed by atoms with E-state index in [-0.39, 0.29) is 0 Å². The molecule has 3 heteroatoms. The average Bonchev–Trinajstić information content (AvgIpc) is 2.48. The van der Waals surface area contributed by atoms with Gasteiger partial charge in [-0.2, -0.15) is 0 Å². The highest BCUT2D eigenvalue weighted by Gasteiger charge is 2.34. The summed E-state index contributed by atoms with van der Waals surface area (Å²) < 4.78 is 0. The van der Waals surface area contributed by atoms with Crippen LogP contribution < -0.4 is 0 Å². The van der Waals surface area contributed by atoms with Crippen LogP contribution in [-0.2, 0) is 11.2 Å². The van der Waals surface area contributed by atoms with Crippen LogP contribution in [0.5, 0.6) is 0 Å². The summed E-state index contributed by atoms with van der Waals surface area (Å²) in [6.45, 7) is 4.05. The second-order valence-corrected chi connectivity index (χ2v) is 6.68. The second kappa shape index (κ2) is 6.71. The minimum Gasteiger partial charge on any atom is -0.303 e. The van der Waals surface area contributed by atoms with Gasteiger partial charge >= 0.3 is 0 Å². The fraction of sp³-hybridized carbons (Fsp3) is 0.611. The van der Waals surface area contributed by atoms with Gasteiger partial charge in [-0.15, -0.1) is 0 Å². The number of carbonyl (C=O) groups excluding carboxylic acids is 1. The first-order valence-corrected chi connectivity index (χ1v) is 8.20. The first kappa shape index (κ1) is 14.7. The molecule has 2 fully saturated rings. The van der Waals surface area contributed by atoms with Crippen LogP contribution in [0.3, 0.4) is 0 Å². The lowest BCUT2D eigenvalue weighted by Gasteiger charge is -2.45. The number of rotatable bonds is 4. The standard InChI is InChI=1S/C18H26N2O/c1-19-10-5-8-16-13-20(11-9-18(16)19)14-17(21)12-15-6-3-2-4-7-15/h2-4,6-7,16,18H,5,8-14H2,1H3. The molecule has 2 unspecified atom stereocenters. The molecule has 1 aromatic rings. The number of ketones is 1. The van der Waals surface area contributed by atoms with Crippen LogP contribution in [0.15, 0.2) is 30.3 Å². The lowest BCUT2D eigenvalue weighted by atomic mass is 9.84. The fourth-order valence-electron chi connectivity index (χ4n) is 4.00. The van der Waals surface area contributed by atoms with Crippen LogP contribution in [-0.4, -0.2) is 54.9 Å². The van der Waals surface area contributed by atoms with E-state index in [1.165, 1.54) is 25.8 Å². The van der Waals surface area contributed by atoms with E-state index in [2.05, 4.69) is 16.8 Å². The SMILES string of the molecule is CN1CCCC2CN(CC(=O)Cc3ccccc3)CCC21. The van der Waals surface area contributed by atoms with E-state index in [0.717, 1.165) is 30.6 Å². The zero-order chi connectivity index (χ0) is 14.7. The summed E-state index contributed by atoms with van der Waals surface area (Å²) >= 11 is 0. The molecule has 3 rings (SSSR count). The Balaban J connectivity index is 1.51. The molecule has 2 aliphatic rings. The fourth-order valence-corrected chi connectivity index (χ4v) is 4.00. The van der Waals surface area contributed by atoms with E-state index >= 15 is 0 Å². The third kappa shape index (κ3) is 3.72. The summed E-state index contributed by atoms with van der Waals surface area (Å²) in [5, 5.41) is 0. The minimum atomic E-state index is 0.351. The quantitative estimate of drug-likeness (QED) is 0.848. The van der Waals surface area contributed by atoms with Crippen LogP contribution >= 0.6 is 0 Å². The Morgan fingerprint density at radius 2 is 2.00 bits per heavy atom. The molecule has 21 heavy (non-hydrogen) atoms. The van der Waals surface area contributed by atoms with Gasteiger partial charge in [0.25, 0.3) is 0 Å². The maximum Gasteiger partial charge on any atom is 0.151 e. The molecule has 0 aromatic heterocycles. The van der Waals surface area contributed by atoms with Gasteiger partial charge in [0.15, 0.2) is 5.78 Å². The number of likely N-dealkylation sites (tertiary alicyclic amines) is 2. The van der Waals surface area contributed by atoms with E-state index in [1.807, 2.05) is 30.3 Å². The van der Waals surface area contributed by atoms with Crippen molar-refractivity contribution in [1.82, 2.24) is 9.80 Å². The van der Waals surface area contributed by atoms with E-state index < -0.39 is 0 Å². The van der Waals surface area contributed by atoms with Crippen molar-refractivity contribution in [3.05, 3.63) is 35.9 Å². The zero-order valence-electron chi connectivity index (χ0n) is 13.0. The van der Waals surface area contributed by atoms with Crippen LogP contribution in [0.4, 0.5) is 0 Å². The predicted octanol–water partition coefficient (Wildman–Crippen LogP) is 2.21. The van der Waals surface area contributed by atoms with Crippen molar-refractivity contribution in [3.63, 3.8) is 0 Å². The van der Waals surface area contributed by atoms with Gasteiger partial charge in [0.1, 0.15) is 0 Å². The van der Waals surface area contributed by atoms with Crippen LogP contribution in [0.2, 0.25) is 0 Å². The molecule has 0 amide bonds. The summed E-state index contributed by atoms with van der Waals surface area (Å²) in [5.74, 6) is 1.12. The molecule has 0 radical (unpaired) electrons. The lowest BCUT2D eigenvalue weighted by molar-refractivity contribution is -0.120.